The molecule has 0 fully saturated rings. The first-order chi connectivity index (χ1) is 11.7. The van der Waals surface area contributed by atoms with Gasteiger partial charge in [0.25, 0.3) is 5.91 Å². The van der Waals surface area contributed by atoms with E-state index in [4.69, 9.17) is 17.3 Å². The van der Waals surface area contributed by atoms with Crippen LogP contribution in [0, 0.1) is 5.41 Å². The zero-order valence-corrected chi connectivity index (χ0v) is 15.3. The molecule has 4 N–H and O–H groups in total. The van der Waals surface area contributed by atoms with Gasteiger partial charge in [0.1, 0.15) is 0 Å². The van der Waals surface area contributed by atoms with Gasteiger partial charge in [-0.2, -0.15) is 0 Å². The molecule has 25 heavy (non-hydrogen) atoms. The maximum atomic E-state index is 12.5. The summed E-state index contributed by atoms with van der Waals surface area (Å²) >= 11 is 6.14. The number of anilines is 3. The van der Waals surface area contributed by atoms with Crippen molar-refractivity contribution in [2.75, 3.05) is 16.4 Å². The highest BCUT2D eigenvalue weighted by Crippen LogP contribution is 2.25. The Hall–Kier alpha value is -2.53. The van der Waals surface area contributed by atoms with Gasteiger partial charge in [-0.15, -0.1) is 0 Å². The summed E-state index contributed by atoms with van der Waals surface area (Å²) in [6, 6.07) is 11.8. The van der Waals surface area contributed by atoms with Crippen LogP contribution in [0.25, 0.3) is 0 Å². The molecule has 0 heterocycles. The lowest BCUT2D eigenvalue weighted by molar-refractivity contribution is -0.117. The van der Waals surface area contributed by atoms with E-state index in [1.807, 2.05) is 20.8 Å². The SMILES string of the molecule is CC(C)(C)CC(=O)Nc1ccc(Cl)c(C(=O)Nc2ccccc2N)c1. The van der Waals surface area contributed by atoms with Crippen LogP contribution in [0.3, 0.4) is 0 Å². The number of hydrogen-bond donors (Lipinski definition) is 3. The zero-order chi connectivity index (χ0) is 18.6. The van der Waals surface area contributed by atoms with E-state index >= 15 is 0 Å². The smallest absolute Gasteiger partial charge is 0.257 e. The van der Waals surface area contributed by atoms with Gasteiger partial charge in [0.05, 0.1) is 22.0 Å². The number of amides is 2. The number of nitrogens with two attached hydrogens (primary N) is 1. The average molecular weight is 360 g/mol. The summed E-state index contributed by atoms with van der Waals surface area (Å²) in [7, 11) is 0. The third-order valence-electron chi connectivity index (χ3n) is 3.39. The first-order valence-electron chi connectivity index (χ1n) is 7.91. The summed E-state index contributed by atoms with van der Waals surface area (Å²) in [5, 5.41) is 5.81. The van der Waals surface area contributed by atoms with E-state index in [-0.39, 0.29) is 16.9 Å². The number of rotatable bonds is 4. The topological polar surface area (TPSA) is 84.2 Å². The van der Waals surface area contributed by atoms with E-state index in [1.54, 1.807) is 42.5 Å². The van der Waals surface area contributed by atoms with Crippen molar-refractivity contribution < 1.29 is 9.59 Å². The molecular formula is C19H22ClN3O2. The largest absolute Gasteiger partial charge is 0.397 e. The van der Waals surface area contributed by atoms with Gasteiger partial charge in [-0.05, 0) is 35.7 Å². The van der Waals surface area contributed by atoms with Crippen LogP contribution in [-0.4, -0.2) is 11.8 Å². The molecule has 0 atom stereocenters. The standard InChI is InChI=1S/C19H22ClN3O2/c1-19(2,3)11-17(24)22-12-8-9-14(20)13(10-12)18(25)23-16-7-5-4-6-15(16)21/h4-10H,11,21H2,1-3H3,(H,22,24)(H,23,25). The molecule has 0 aromatic heterocycles. The summed E-state index contributed by atoms with van der Waals surface area (Å²) in [5.41, 5.74) is 7.46. The van der Waals surface area contributed by atoms with Crippen molar-refractivity contribution in [2.24, 2.45) is 5.41 Å². The van der Waals surface area contributed by atoms with Crippen LogP contribution in [0.5, 0.6) is 0 Å². The maximum Gasteiger partial charge on any atom is 0.257 e. The van der Waals surface area contributed by atoms with E-state index in [0.29, 0.717) is 28.5 Å². The number of para-hydroxylation sites is 2. The average Bonchev–Trinajstić information content (AvgIpc) is 2.49. The second-order valence-electron chi connectivity index (χ2n) is 7.02. The van der Waals surface area contributed by atoms with E-state index in [2.05, 4.69) is 10.6 Å². The Bertz CT molecular complexity index is 797. The second-order valence-corrected chi connectivity index (χ2v) is 7.43. The molecule has 0 saturated carbocycles. The highest BCUT2D eigenvalue weighted by molar-refractivity contribution is 6.34. The molecule has 0 radical (unpaired) electrons. The van der Waals surface area contributed by atoms with E-state index < -0.39 is 5.91 Å². The fourth-order valence-electron chi connectivity index (χ4n) is 2.26. The van der Waals surface area contributed by atoms with Crippen LogP contribution in [0.1, 0.15) is 37.6 Å². The number of carbonyl (C=O) groups excluding carboxylic acids is 2. The van der Waals surface area contributed by atoms with Gasteiger partial charge in [-0.25, -0.2) is 0 Å². The Kier molecular flexibility index (Phi) is 5.69. The molecule has 0 saturated heterocycles. The minimum Gasteiger partial charge on any atom is -0.397 e. The van der Waals surface area contributed by atoms with Crippen molar-refractivity contribution >= 4 is 40.5 Å². The summed E-state index contributed by atoms with van der Waals surface area (Å²) in [5.74, 6) is -0.511. The van der Waals surface area contributed by atoms with Gasteiger partial charge in [0, 0.05) is 12.1 Å². The number of hydrogen-bond acceptors (Lipinski definition) is 3. The Morgan fingerprint density at radius 2 is 1.76 bits per heavy atom. The van der Waals surface area contributed by atoms with Gasteiger partial charge >= 0.3 is 0 Å². The van der Waals surface area contributed by atoms with Crippen LogP contribution >= 0.6 is 11.6 Å². The number of benzene rings is 2. The van der Waals surface area contributed by atoms with E-state index in [9.17, 15) is 9.59 Å². The predicted octanol–water partition coefficient (Wildman–Crippen LogP) is 4.55. The molecule has 0 aliphatic heterocycles. The Morgan fingerprint density at radius 1 is 1.08 bits per heavy atom. The van der Waals surface area contributed by atoms with Crippen molar-refractivity contribution in [1.29, 1.82) is 0 Å². The Balaban J connectivity index is 2.17. The lowest BCUT2D eigenvalue weighted by Gasteiger charge is -2.17. The molecule has 5 nitrogen and oxygen atoms in total. The van der Waals surface area contributed by atoms with Crippen LogP contribution in [-0.2, 0) is 4.79 Å². The molecule has 132 valence electrons. The Labute approximate surface area is 152 Å². The van der Waals surface area contributed by atoms with Gasteiger partial charge < -0.3 is 16.4 Å². The highest BCUT2D eigenvalue weighted by atomic mass is 35.5. The highest BCUT2D eigenvalue weighted by Gasteiger charge is 2.17. The molecule has 2 rings (SSSR count). The van der Waals surface area contributed by atoms with Crippen molar-refractivity contribution in [3.05, 3.63) is 53.1 Å². The molecule has 0 aliphatic rings. The van der Waals surface area contributed by atoms with E-state index in [1.165, 1.54) is 0 Å². The van der Waals surface area contributed by atoms with Gasteiger partial charge in [0.15, 0.2) is 0 Å². The van der Waals surface area contributed by atoms with Crippen LogP contribution < -0.4 is 16.4 Å². The normalized spacial score (nSPS) is 11.0. The summed E-state index contributed by atoms with van der Waals surface area (Å²) in [6.45, 7) is 5.95. The number of nitrogen functional groups attached to an aromatic ring is 1. The van der Waals surface area contributed by atoms with Crippen LogP contribution in [0.15, 0.2) is 42.5 Å². The van der Waals surface area contributed by atoms with Gasteiger partial charge in [-0.3, -0.25) is 9.59 Å². The third kappa shape index (κ3) is 5.50. The van der Waals surface area contributed by atoms with Crippen molar-refractivity contribution in [1.82, 2.24) is 0 Å². The van der Waals surface area contributed by atoms with Crippen LogP contribution in [0.2, 0.25) is 5.02 Å². The maximum absolute atomic E-state index is 12.5. The molecule has 0 unspecified atom stereocenters. The predicted molar refractivity (Wildman–Crippen MR) is 103 cm³/mol. The zero-order valence-electron chi connectivity index (χ0n) is 14.5. The van der Waals surface area contributed by atoms with Crippen molar-refractivity contribution in [2.45, 2.75) is 27.2 Å². The fourth-order valence-corrected chi connectivity index (χ4v) is 2.47. The molecular weight excluding hydrogens is 338 g/mol. The third-order valence-corrected chi connectivity index (χ3v) is 3.72. The molecule has 2 aromatic carbocycles. The Morgan fingerprint density at radius 3 is 2.40 bits per heavy atom. The lowest BCUT2D eigenvalue weighted by atomic mass is 9.92. The van der Waals surface area contributed by atoms with Gasteiger partial charge in [0.2, 0.25) is 5.91 Å². The first-order valence-corrected chi connectivity index (χ1v) is 8.29. The summed E-state index contributed by atoms with van der Waals surface area (Å²) < 4.78 is 0. The summed E-state index contributed by atoms with van der Waals surface area (Å²) in [6.07, 6.45) is 0.373. The summed E-state index contributed by atoms with van der Waals surface area (Å²) in [4.78, 5) is 24.6. The fraction of sp³-hybridized carbons (Fsp3) is 0.263. The molecule has 0 aliphatic carbocycles. The minimum absolute atomic E-state index is 0.117. The van der Waals surface area contributed by atoms with Crippen LogP contribution in [0.4, 0.5) is 17.1 Å². The van der Waals surface area contributed by atoms with E-state index in [0.717, 1.165) is 0 Å². The molecule has 2 amide bonds. The molecule has 2 aromatic rings. The minimum atomic E-state index is -0.394. The number of halogens is 1. The molecule has 0 bridgehead atoms. The van der Waals surface area contributed by atoms with Crippen molar-refractivity contribution in [3.8, 4) is 0 Å². The number of nitrogens with one attached hydrogen (secondary N) is 2. The van der Waals surface area contributed by atoms with Gasteiger partial charge in [-0.1, -0.05) is 44.5 Å². The lowest BCUT2D eigenvalue weighted by Crippen LogP contribution is -2.20. The molecule has 0 spiro atoms. The first kappa shape index (κ1) is 18.8. The van der Waals surface area contributed by atoms with Crippen molar-refractivity contribution in [3.63, 3.8) is 0 Å². The number of carbonyl (C=O) groups is 2. The second kappa shape index (κ2) is 7.57. The quantitative estimate of drug-likeness (QED) is 0.700. The molecule has 6 heteroatoms. The monoisotopic (exact) mass is 359 g/mol.